The Balaban J connectivity index is 1.98. The number of hydrogen-bond acceptors (Lipinski definition) is 4. The topological polar surface area (TPSA) is 86.7 Å². The molecule has 1 aromatic rings. The van der Waals surface area contributed by atoms with Crippen molar-refractivity contribution in [3.63, 3.8) is 0 Å². The molecule has 2 rings (SSSR count). The average molecular weight is 354 g/mol. The van der Waals surface area contributed by atoms with Crippen molar-refractivity contribution in [2.45, 2.75) is 38.0 Å². The average Bonchev–Trinajstić information content (AvgIpc) is 2.54. The van der Waals surface area contributed by atoms with E-state index < -0.39 is 16.0 Å². The highest BCUT2D eigenvalue weighted by molar-refractivity contribution is 7.89. The Morgan fingerprint density at radius 3 is 2.58 bits per heavy atom. The summed E-state index contributed by atoms with van der Waals surface area (Å²) >= 11 is 0. The van der Waals surface area contributed by atoms with Gasteiger partial charge in [-0.1, -0.05) is 19.4 Å². The van der Waals surface area contributed by atoms with Crippen molar-refractivity contribution in [1.29, 1.82) is 0 Å². The van der Waals surface area contributed by atoms with Crippen LogP contribution in [0.3, 0.4) is 0 Å². The number of piperidine rings is 1. The third-order valence-corrected chi connectivity index (χ3v) is 5.81. The molecule has 0 spiro atoms. The van der Waals surface area contributed by atoms with Crippen LogP contribution >= 0.6 is 0 Å². The van der Waals surface area contributed by atoms with Gasteiger partial charge in [-0.15, -0.1) is 0 Å². The Bertz CT molecular complexity index is 682. The number of carbonyl (C=O) groups is 1. The van der Waals surface area contributed by atoms with Gasteiger partial charge in [0.05, 0.1) is 10.5 Å². The molecule has 1 heterocycles. The highest BCUT2D eigenvalue weighted by atomic mass is 32.2. The molecule has 1 unspecified atom stereocenters. The second kappa shape index (κ2) is 8.09. The zero-order chi connectivity index (χ0) is 17.7. The Morgan fingerprint density at radius 1 is 1.29 bits per heavy atom. The monoisotopic (exact) mass is 354 g/mol. The molecule has 1 aliphatic heterocycles. The molecule has 24 heavy (non-hydrogen) atoms. The second-order valence-electron chi connectivity index (χ2n) is 6.60. The minimum atomic E-state index is -3.70. The van der Waals surface area contributed by atoms with Gasteiger partial charge in [0.15, 0.2) is 0 Å². The quantitative estimate of drug-likeness (QED) is 0.783. The fraction of sp³-hybridized carbons (Fsp3) is 0.588. The second-order valence-corrected chi connectivity index (χ2v) is 8.37. The lowest BCUT2D eigenvalue weighted by Gasteiger charge is -2.29. The van der Waals surface area contributed by atoms with Gasteiger partial charge in [0.2, 0.25) is 10.0 Å². The van der Waals surface area contributed by atoms with Gasteiger partial charge in [0, 0.05) is 13.1 Å². The van der Waals surface area contributed by atoms with E-state index in [4.69, 9.17) is 5.11 Å². The molecule has 134 valence electrons. The lowest BCUT2D eigenvalue weighted by Crippen LogP contribution is -2.38. The molecule has 6 nitrogen and oxygen atoms in total. The predicted octanol–water partition coefficient (Wildman–Crippen LogP) is 2.09. The number of carboxylic acid groups (broad SMARTS) is 1. The number of aromatic carboxylic acids is 1. The van der Waals surface area contributed by atoms with E-state index in [0.29, 0.717) is 12.1 Å². The summed E-state index contributed by atoms with van der Waals surface area (Å²) in [5.41, 5.74) is 0.555. The summed E-state index contributed by atoms with van der Waals surface area (Å²) in [6.07, 6.45) is 3.69. The minimum absolute atomic E-state index is 0.00401. The molecule has 0 aromatic heterocycles. The zero-order valence-electron chi connectivity index (χ0n) is 14.3. The van der Waals surface area contributed by atoms with Gasteiger partial charge in [-0.2, -0.15) is 0 Å². The Kier molecular flexibility index (Phi) is 6.37. The van der Waals surface area contributed by atoms with Crippen LogP contribution in [0.25, 0.3) is 0 Å². The van der Waals surface area contributed by atoms with Gasteiger partial charge in [-0.25, -0.2) is 17.9 Å². The van der Waals surface area contributed by atoms with Gasteiger partial charge >= 0.3 is 5.97 Å². The number of nitrogens with zero attached hydrogens (tertiary/aromatic N) is 1. The first-order valence-electron chi connectivity index (χ1n) is 8.35. The van der Waals surface area contributed by atoms with Crippen molar-refractivity contribution in [3.05, 3.63) is 29.3 Å². The van der Waals surface area contributed by atoms with Crippen molar-refractivity contribution in [1.82, 2.24) is 9.62 Å². The molecule has 0 bridgehead atoms. The first-order chi connectivity index (χ1) is 11.3. The lowest BCUT2D eigenvalue weighted by molar-refractivity contribution is 0.0696. The number of aryl methyl sites for hydroxylation is 1. The van der Waals surface area contributed by atoms with Crippen molar-refractivity contribution >= 4 is 16.0 Å². The van der Waals surface area contributed by atoms with Gasteiger partial charge in [-0.05, 0) is 56.5 Å². The van der Waals surface area contributed by atoms with Crippen LogP contribution in [0.4, 0.5) is 0 Å². The summed E-state index contributed by atoms with van der Waals surface area (Å²) in [6, 6.07) is 4.18. The van der Waals surface area contributed by atoms with Crippen molar-refractivity contribution in [2.75, 3.05) is 26.2 Å². The highest BCUT2D eigenvalue weighted by Gasteiger charge is 2.19. The maximum absolute atomic E-state index is 12.4. The summed E-state index contributed by atoms with van der Waals surface area (Å²) in [5, 5.41) is 9.14. The number of nitrogens with one attached hydrogen (secondary N) is 1. The normalized spacial score (nSPS) is 17.6. The molecule has 0 saturated carbocycles. The Morgan fingerprint density at radius 2 is 1.96 bits per heavy atom. The molecular weight excluding hydrogens is 328 g/mol. The smallest absolute Gasteiger partial charge is 0.335 e. The highest BCUT2D eigenvalue weighted by Crippen LogP contribution is 2.16. The van der Waals surface area contributed by atoms with Gasteiger partial charge < -0.3 is 10.0 Å². The van der Waals surface area contributed by atoms with Crippen LogP contribution in [-0.2, 0) is 10.0 Å². The van der Waals surface area contributed by atoms with Crippen LogP contribution in [0.1, 0.15) is 42.1 Å². The number of benzene rings is 1. The SMILES string of the molecule is Cc1ccc(S(=O)(=O)NCC(C)CN2CCCCC2)cc1C(=O)O. The predicted molar refractivity (Wildman–Crippen MR) is 92.8 cm³/mol. The van der Waals surface area contributed by atoms with E-state index in [0.717, 1.165) is 19.6 Å². The van der Waals surface area contributed by atoms with Gasteiger partial charge in [0.1, 0.15) is 0 Å². The third-order valence-electron chi connectivity index (χ3n) is 4.39. The molecule has 7 heteroatoms. The molecule has 2 N–H and O–H groups in total. The summed E-state index contributed by atoms with van der Waals surface area (Å²) in [4.78, 5) is 13.5. The molecule has 0 amide bonds. The molecular formula is C17H26N2O4S. The van der Waals surface area contributed by atoms with E-state index in [1.807, 2.05) is 6.92 Å². The van der Waals surface area contributed by atoms with Crippen LogP contribution in [-0.4, -0.2) is 50.6 Å². The number of rotatable bonds is 7. The fourth-order valence-electron chi connectivity index (χ4n) is 2.98. The molecule has 1 aliphatic rings. The number of carboxylic acids is 1. The number of sulfonamides is 1. The number of likely N-dealkylation sites (tertiary alicyclic amines) is 1. The standard InChI is InChI=1S/C17H26N2O4S/c1-13(12-19-8-4-3-5-9-19)11-18-24(22,23)15-7-6-14(2)16(10-15)17(20)21/h6-7,10,13,18H,3-5,8-9,11-12H2,1-2H3,(H,20,21). The van der Waals surface area contributed by atoms with Crippen molar-refractivity contribution in [3.8, 4) is 0 Å². The van der Waals surface area contributed by atoms with Crippen LogP contribution in [0.5, 0.6) is 0 Å². The van der Waals surface area contributed by atoms with E-state index in [1.165, 1.54) is 37.5 Å². The minimum Gasteiger partial charge on any atom is -0.478 e. The summed E-state index contributed by atoms with van der Waals surface area (Å²) < 4.78 is 27.4. The van der Waals surface area contributed by atoms with E-state index >= 15 is 0 Å². The van der Waals surface area contributed by atoms with Crippen molar-refractivity contribution < 1.29 is 18.3 Å². The van der Waals surface area contributed by atoms with Crippen LogP contribution < -0.4 is 4.72 Å². The number of hydrogen-bond donors (Lipinski definition) is 2. The maximum Gasteiger partial charge on any atom is 0.335 e. The summed E-state index contributed by atoms with van der Waals surface area (Å²) in [7, 11) is -3.70. The molecule has 0 radical (unpaired) electrons. The van der Waals surface area contributed by atoms with E-state index in [1.54, 1.807) is 6.92 Å². The first-order valence-corrected chi connectivity index (χ1v) is 9.84. The zero-order valence-corrected chi connectivity index (χ0v) is 15.1. The Hall–Kier alpha value is -1.44. The van der Waals surface area contributed by atoms with Crippen molar-refractivity contribution in [2.24, 2.45) is 5.92 Å². The summed E-state index contributed by atoms with van der Waals surface area (Å²) in [5.74, 6) is -0.926. The molecule has 1 fully saturated rings. The lowest BCUT2D eigenvalue weighted by atomic mass is 10.1. The fourth-order valence-corrected chi connectivity index (χ4v) is 4.17. The molecule has 1 saturated heterocycles. The summed E-state index contributed by atoms with van der Waals surface area (Å²) in [6.45, 7) is 7.04. The molecule has 1 aromatic carbocycles. The molecule has 1 atom stereocenters. The van der Waals surface area contributed by atoms with Gasteiger partial charge in [-0.3, -0.25) is 0 Å². The van der Waals surface area contributed by atoms with E-state index in [-0.39, 0.29) is 16.4 Å². The van der Waals surface area contributed by atoms with Crippen LogP contribution in [0, 0.1) is 12.8 Å². The Labute approximate surface area is 143 Å². The molecule has 0 aliphatic carbocycles. The first kappa shape index (κ1) is 18.9. The van der Waals surface area contributed by atoms with E-state index in [9.17, 15) is 13.2 Å². The largest absolute Gasteiger partial charge is 0.478 e. The van der Waals surface area contributed by atoms with Crippen LogP contribution in [0.15, 0.2) is 23.1 Å². The van der Waals surface area contributed by atoms with E-state index in [2.05, 4.69) is 9.62 Å². The maximum atomic E-state index is 12.4. The van der Waals surface area contributed by atoms with Crippen LogP contribution in [0.2, 0.25) is 0 Å². The van der Waals surface area contributed by atoms with Gasteiger partial charge in [0.25, 0.3) is 0 Å². The third kappa shape index (κ3) is 5.03.